The molecular formula is C20H15N3O5S2. The summed E-state index contributed by atoms with van der Waals surface area (Å²) in [6.07, 6.45) is 1.60. The number of carbonyl (C=O) groups is 1. The van der Waals surface area contributed by atoms with E-state index < -0.39 is 16.9 Å². The third-order valence-electron chi connectivity index (χ3n) is 4.62. The van der Waals surface area contributed by atoms with Gasteiger partial charge >= 0.3 is 5.97 Å². The average Bonchev–Trinajstić information content (AvgIpc) is 3.36. The molecule has 0 amide bonds. The van der Waals surface area contributed by atoms with Gasteiger partial charge in [0.25, 0.3) is 11.2 Å². The lowest BCUT2D eigenvalue weighted by atomic mass is 10.0. The molecule has 3 aromatic rings. The zero-order valence-corrected chi connectivity index (χ0v) is 17.5. The summed E-state index contributed by atoms with van der Waals surface area (Å²) < 4.78 is 6.80. The molecule has 30 heavy (non-hydrogen) atoms. The van der Waals surface area contributed by atoms with E-state index in [1.807, 2.05) is 17.5 Å². The van der Waals surface area contributed by atoms with Crippen molar-refractivity contribution in [1.29, 1.82) is 0 Å². The summed E-state index contributed by atoms with van der Waals surface area (Å²) in [5.74, 6) is -0.539. The molecule has 3 heterocycles. The van der Waals surface area contributed by atoms with Gasteiger partial charge in [0.2, 0.25) is 0 Å². The van der Waals surface area contributed by atoms with E-state index in [1.165, 1.54) is 46.5 Å². The van der Waals surface area contributed by atoms with Crippen LogP contribution < -0.4 is 14.9 Å². The molecule has 2 aromatic heterocycles. The molecule has 0 saturated carbocycles. The Morgan fingerprint density at radius 1 is 1.33 bits per heavy atom. The van der Waals surface area contributed by atoms with Gasteiger partial charge in [0, 0.05) is 17.0 Å². The first-order valence-corrected chi connectivity index (χ1v) is 10.5. The molecule has 0 saturated heterocycles. The van der Waals surface area contributed by atoms with Crippen LogP contribution in [0.2, 0.25) is 0 Å². The van der Waals surface area contributed by atoms with E-state index in [0.717, 1.165) is 4.88 Å². The van der Waals surface area contributed by atoms with E-state index in [4.69, 9.17) is 4.74 Å². The first-order valence-electron chi connectivity index (χ1n) is 8.79. The molecule has 0 aliphatic carbocycles. The van der Waals surface area contributed by atoms with Gasteiger partial charge in [-0.1, -0.05) is 29.5 Å². The fraction of sp³-hybridized carbons (Fsp3) is 0.150. The third kappa shape index (κ3) is 3.40. The number of nitro benzene ring substituents is 1. The number of allylic oxidation sites excluding steroid dienone is 1. The van der Waals surface area contributed by atoms with E-state index in [0.29, 0.717) is 26.2 Å². The van der Waals surface area contributed by atoms with Crippen molar-refractivity contribution >= 4 is 40.4 Å². The Balaban J connectivity index is 1.94. The van der Waals surface area contributed by atoms with Gasteiger partial charge in [0.15, 0.2) is 4.80 Å². The molecule has 0 spiro atoms. The number of non-ortho nitro benzene ring substituents is 1. The molecule has 152 valence electrons. The predicted octanol–water partition coefficient (Wildman–Crippen LogP) is 2.38. The summed E-state index contributed by atoms with van der Waals surface area (Å²) in [5, 5.41) is 12.9. The van der Waals surface area contributed by atoms with Crippen LogP contribution in [0, 0.1) is 10.1 Å². The highest BCUT2D eigenvalue weighted by Gasteiger charge is 2.33. The number of nitrogens with zero attached hydrogens (tertiary/aromatic N) is 3. The van der Waals surface area contributed by atoms with Crippen LogP contribution in [0.3, 0.4) is 0 Å². The molecular weight excluding hydrogens is 426 g/mol. The Morgan fingerprint density at radius 2 is 2.13 bits per heavy atom. The van der Waals surface area contributed by atoms with Crippen molar-refractivity contribution < 1.29 is 14.5 Å². The number of esters is 1. The van der Waals surface area contributed by atoms with Crippen molar-refractivity contribution in [2.45, 2.75) is 13.0 Å². The molecule has 0 radical (unpaired) electrons. The fourth-order valence-electron chi connectivity index (χ4n) is 3.29. The highest BCUT2D eigenvalue weighted by Crippen LogP contribution is 2.32. The number of thiophene rings is 1. The topological polar surface area (TPSA) is 104 Å². The summed E-state index contributed by atoms with van der Waals surface area (Å²) in [5.41, 5.74) is 0.957. The van der Waals surface area contributed by atoms with Gasteiger partial charge in [-0.25, -0.2) is 9.79 Å². The van der Waals surface area contributed by atoms with Crippen LogP contribution in [0.5, 0.6) is 0 Å². The van der Waals surface area contributed by atoms with Gasteiger partial charge in [-0.15, -0.1) is 11.3 Å². The number of carbonyl (C=O) groups excluding carboxylic acids is 1. The van der Waals surface area contributed by atoms with Crippen LogP contribution in [0.1, 0.15) is 23.4 Å². The molecule has 0 unspecified atom stereocenters. The van der Waals surface area contributed by atoms with Crippen LogP contribution in [0.25, 0.3) is 6.08 Å². The van der Waals surface area contributed by atoms with Crippen molar-refractivity contribution in [1.82, 2.24) is 4.57 Å². The highest BCUT2D eigenvalue weighted by atomic mass is 32.1. The minimum atomic E-state index is -0.638. The van der Waals surface area contributed by atoms with E-state index >= 15 is 0 Å². The molecule has 10 heteroatoms. The zero-order valence-electron chi connectivity index (χ0n) is 15.9. The number of nitro groups is 1. The number of benzene rings is 1. The Morgan fingerprint density at radius 3 is 2.80 bits per heavy atom. The monoisotopic (exact) mass is 441 g/mol. The van der Waals surface area contributed by atoms with Crippen LogP contribution in [-0.2, 0) is 9.53 Å². The molecule has 4 rings (SSSR count). The second-order valence-electron chi connectivity index (χ2n) is 6.44. The van der Waals surface area contributed by atoms with Crippen LogP contribution >= 0.6 is 22.7 Å². The fourth-order valence-corrected chi connectivity index (χ4v) is 5.16. The summed E-state index contributed by atoms with van der Waals surface area (Å²) in [4.78, 5) is 42.1. The molecule has 1 aliphatic heterocycles. The van der Waals surface area contributed by atoms with E-state index in [1.54, 1.807) is 25.1 Å². The van der Waals surface area contributed by atoms with Gasteiger partial charge in [-0.2, -0.15) is 0 Å². The molecule has 0 bridgehead atoms. The van der Waals surface area contributed by atoms with Gasteiger partial charge in [0.05, 0.1) is 27.8 Å². The average molecular weight is 441 g/mol. The van der Waals surface area contributed by atoms with Gasteiger partial charge < -0.3 is 4.74 Å². The lowest BCUT2D eigenvalue weighted by Crippen LogP contribution is -2.39. The molecule has 0 N–H and O–H groups in total. The second kappa shape index (κ2) is 7.81. The molecule has 1 atom stereocenters. The van der Waals surface area contributed by atoms with E-state index in [-0.39, 0.29) is 11.2 Å². The lowest BCUT2D eigenvalue weighted by molar-refractivity contribution is -0.384. The largest absolute Gasteiger partial charge is 0.466 e. The maximum atomic E-state index is 13.3. The van der Waals surface area contributed by atoms with Crippen molar-refractivity contribution in [3.05, 3.63) is 93.3 Å². The summed E-state index contributed by atoms with van der Waals surface area (Å²) >= 11 is 2.60. The second-order valence-corrected chi connectivity index (χ2v) is 8.43. The maximum absolute atomic E-state index is 13.3. The molecule has 1 aromatic carbocycles. The van der Waals surface area contributed by atoms with E-state index in [2.05, 4.69) is 4.99 Å². The quantitative estimate of drug-likeness (QED) is 0.351. The number of thiazole rings is 1. The van der Waals surface area contributed by atoms with Gasteiger partial charge in [-0.3, -0.25) is 19.5 Å². The summed E-state index contributed by atoms with van der Waals surface area (Å²) in [7, 11) is 1.29. The molecule has 0 fully saturated rings. The van der Waals surface area contributed by atoms with E-state index in [9.17, 15) is 19.7 Å². The summed E-state index contributed by atoms with van der Waals surface area (Å²) in [6.45, 7) is 1.71. The van der Waals surface area contributed by atoms with Gasteiger partial charge in [0.1, 0.15) is 6.04 Å². The van der Waals surface area contributed by atoms with Crippen molar-refractivity contribution in [3.63, 3.8) is 0 Å². The summed E-state index contributed by atoms with van der Waals surface area (Å²) in [6, 6.07) is 9.11. The predicted molar refractivity (Wildman–Crippen MR) is 113 cm³/mol. The zero-order chi connectivity index (χ0) is 21.4. The Bertz CT molecular complexity index is 1370. The number of rotatable bonds is 4. The first-order chi connectivity index (χ1) is 14.4. The number of aromatic nitrogens is 1. The number of hydrogen-bond donors (Lipinski definition) is 0. The van der Waals surface area contributed by atoms with Crippen molar-refractivity contribution in [3.8, 4) is 0 Å². The smallest absolute Gasteiger partial charge is 0.338 e. The van der Waals surface area contributed by atoms with Crippen molar-refractivity contribution in [2.24, 2.45) is 4.99 Å². The maximum Gasteiger partial charge on any atom is 0.338 e. The standard InChI is InChI=1S/C20H15N3O5S2/c1-11-16(19(25)28-2)17(14-7-4-8-29-14)22-18(24)15(30-20(22)21-11)10-12-5-3-6-13(9-12)23(26)27/h3-10,17H,1-2H3/b15-10-/t17-/m0/s1. The first kappa shape index (κ1) is 19.9. The van der Waals surface area contributed by atoms with Crippen molar-refractivity contribution in [2.75, 3.05) is 7.11 Å². The van der Waals surface area contributed by atoms with Crippen LogP contribution in [-0.4, -0.2) is 22.6 Å². The van der Waals surface area contributed by atoms with Crippen LogP contribution in [0.15, 0.2) is 62.8 Å². The molecule has 8 nitrogen and oxygen atoms in total. The number of methoxy groups -OCH3 is 1. The van der Waals surface area contributed by atoms with Crippen LogP contribution in [0.4, 0.5) is 5.69 Å². The lowest BCUT2D eigenvalue weighted by Gasteiger charge is -2.22. The SMILES string of the molecule is COC(=O)C1=C(C)N=c2s/c(=C\c3cccc([N+](=O)[O-])c3)c(=O)n2[C@H]1c1cccs1. The Hall–Kier alpha value is -3.37. The number of ether oxygens (including phenoxy) is 1. The molecule has 1 aliphatic rings. The number of hydrogen-bond acceptors (Lipinski definition) is 8. The minimum Gasteiger partial charge on any atom is -0.466 e. The Labute approximate surface area is 177 Å². The van der Waals surface area contributed by atoms with Gasteiger partial charge in [-0.05, 0) is 30.0 Å². The normalized spacial score (nSPS) is 16.2. The highest BCUT2D eigenvalue weighted by molar-refractivity contribution is 7.10. The Kier molecular flexibility index (Phi) is 5.18. The third-order valence-corrected chi connectivity index (χ3v) is 6.53. The minimum absolute atomic E-state index is 0.0585. The number of fused-ring (bicyclic) bond motifs is 1.